The molecule has 0 saturated carbocycles. The van der Waals surface area contributed by atoms with E-state index in [4.69, 9.17) is 0 Å². The predicted molar refractivity (Wildman–Crippen MR) is 58.7 cm³/mol. The van der Waals surface area contributed by atoms with E-state index in [1.54, 1.807) is 12.3 Å². The van der Waals surface area contributed by atoms with Crippen molar-refractivity contribution in [1.82, 2.24) is 10.3 Å². The van der Waals surface area contributed by atoms with Crippen molar-refractivity contribution >= 4 is 24.8 Å². The molecule has 1 N–H and O–H groups in total. The van der Waals surface area contributed by atoms with Crippen LogP contribution in [0.15, 0.2) is 18.5 Å². The summed E-state index contributed by atoms with van der Waals surface area (Å²) in [6, 6.07) is 1.86. The Morgan fingerprint density at radius 3 is 2.71 bits per heavy atom. The number of halogens is 3. The summed E-state index contributed by atoms with van der Waals surface area (Å²) in [5.41, 5.74) is 0.965. The topological polar surface area (TPSA) is 24.9 Å². The molecule has 0 unspecified atom stereocenters. The molecule has 0 aliphatic carbocycles. The molecule has 14 heavy (non-hydrogen) atoms. The van der Waals surface area contributed by atoms with Gasteiger partial charge in [-0.1, -0.05) is 0 Å². The lowest BCUT2D eigenvalue weighted by Gasteiger charge is -2.08. The third kappa shape index (κ3) is 3.08. The second-order valence-corrected chi connectivity index (χ2v) is 3.09. The van der Waals surface area contributed by atoms with E-state index in [0.717, 1.165) is 18.5 Å². The molecule has 1 aromatic rings. The third-order valence-electron chi connectivity index (χ3n) is 2.19. The number of hydrogen-bond donors (Lipinski definition) is 1. The summed E-state index contributed by atoms with van der Waals surface area (Å²) in [6.45, 7) is 1.03. The molecule has 1 aliphatic heterocycles. The van der Waals surface area contributed by atoms with E-state index in [0.29, 0.717) is 6.04 Å². The number of rotatable bonds is 1. The lowest BCUT2D eigenvalue weighted by Crippen LogP contribution is -2.13. The van der Waals surface area contributed by atoms with Crippen LogP contribution in [0.4, 0.5) is 4.39 Å². The van der Waals surface area contributed by atoms with Crippen LogP contribution in [-0.4, -0.2) is 11.5 Å². The minimum Gasteiger partial charge on any atom is -0.310 e. The molecule has 1 aromatic heterocycles. The van der Waals surface area contributed by atoms with Crippen LogP contribution in [0.3, 0.4) is 0 Å². The first-order valence-corrected chi connectivity index (χ1v) is 4.20. The highest BCUT2D eigenvalue weighted by Crippen LogP contribution is 2.22. The van der Waals surface area contributed by atoms with Crippen LogP contribution in [0.25, 0.3) is 0 Å². The number of hydrogen-bond acceptors (Lipinski definition) is 2. The van der Waals surface area contributed by atoms with Crippen molar-refractivity contribution < 1.29 is 4.39 Å². The van der Waals surface area contributed by atoms with Gasteiger partial charge >= 0.3 is 0 Å². The summed E-state index contributed by atoms with van der Waals surface area (Å²) in [5, 5.41) is 3.29. The first-order valence-electron chi connectivity index (χ1n) is 4.20. The van der Waals surface area contributed by atoms with Crippen LogP contribution in [0.1, 0.15) is 24.4 Å². The summed E-state index contributed by atoms with van der Waals surface area (Å²) in [6.07, 6.45) is 5.22. The summed E-state index contributed by atoms with van der Waals surface area (Å²) >= 11 is 0. The van der Waals surface area contributed by atoms with Crippen LogP contribution in [0.5, 0.6) is 0 Å². The maximum Gasteiger partial charge on any atom is 0.141 e. The Labute approximate surface area is 95.1 Å². The van der Waals surface area contributed by atoms with Crippen LogP contribution >= 0.6 is 24.8 Å². The average Bonchev–Trinajstić information content (AvgIpc) is 2.56. The van der Waals surface area contributed by atoms with Crippen molar-refractivity contribution in [3.05, 3.63) is 29.8 Å². The minimum atomic E-state index is -0.249. The minimum absolute atomic E-state index is 0. The Hall–Kier alpha value is -0.380. The summed E-state index contributed by atoms with van der Waals surface area (Å²) < 4.78 is 12.7. The number of nitrogens with one attached hydrogen (secondary N) is 1. The average molecular weight is 239 g/mol. The molecular formula is C9H13Cl2FN2. The number of aromatic nitrogens is 1. The van der Waals surface area contributed by atoms with E-state index in [2.05, 4.69) is 10.3 Å². The standard InChI is InChI=1S/C9H11FN2.2ClH/c10-8-4-7(5-11-6-8)9-2-1-3-12-9;;/h4-6,9,12H,1-3H2;2*1H/t9-;;/m0../s1. The molecule has 5 heteroatoms. The lowest BCUT2D eigenvalue weighted by atomic mass is 10.1. The smallest absolute Gasteiger partial charge is 0.141 e. The zero-order chi connectivity index (χ0) is 8.39. The van der Waals surface area contributed by atoms with Gasteiger partial charge in [-0.25, -0.2) is 4.39 Å². The van der Waals surface area contributed by atoms with E-state index < -0.39 is 0 Å². The van der Waals surface area contributed by atoms with Crippen molar-refractivity contribution in [2.24, 2.45) is 0 Å². The Kier molecular flexibility index (Phi) is 6.00. The van der Waals surface area contributed by atoms with E-state index in [1.165, 1.54) is 12.6 Å². The van der Waals surface area contributed by atoms with Gasteiger partial charge in [-0.05, 0) is 31.0 Å². The number of nitrogens with zero attached hydrogens (tertiary/aromatic N) is 1. The van der Waals surface area contributed by atoms with Gasteiger partial charge in [0.05, 0.1) is 6.20 Å². The highest BCUT2D eigenvalue weighted by atomic mass is 35.5. The van der Waals surface area contributed by atoms with Crippen LogP contribution in [-0.2, 0) is 0 Å². The third-order valence-corrected chi connectivity index (χ3v) is 2.19. The molecule has 1 fully saturated rings. The molecule has 0 bridgehead atoms. The Morgan fingerprint density at radius 2 is 2.14 bits per heavy atom. The molecular weight excluding hydrogens is 226 g/mol. The SMILES string of the molecule is Cl.Cl.Fc1cncc([C@@H]2CCCN2)c1. The molecule has 1 aliphatic rings. The van der Waals surface area contributed by atoms with Crippen molar-refractivity contribution in [3.8, 4) is 0 Å². The maximum absolute atomic E-state index is 12.7. The van der Waals surface area contributed by atoms with Gasteiger partial charge in [0.25, 0.3) is 0 Å². The molecule has 0 radical (unpaired) electrons. The van der Waals surface area contributed by atoms with Crippen molar-refractivity contribution in [2.45, 2.75) is 18.9 Å². The monoisotopic (exact) mass is 238 g/mol. The fourth-order valence-electron chi connectivity index (χ4n) is 1.59. The van der Waals surface area contributed by atoms with Gasteiger partial charge < -0.3 is 5.32 Å². The molecule has 1 saturated heterocycles. The van der Waals surface area contributed by atoms with Crippen molar-refractivity contribution in [1.29, 1.82) is 0 Å². The van der Waals surface area contributed by atoms with Gasteiger partial charge in [0.2, 0.25) is 0 Å². The van der Waals surface area contributed by atoms with Gasteiger partial charge in [0, 0.05) is 12.2 Å². The normalized spacial score (nSPS) is 19.6. The second-order valence-electron chi connectivity index (χ2n) is 3.09. The first kappa shape index (κ1) is 13.6. The van der Waals surface area contributed by atoms with E-state index in [9.17, 15) is 4.39 Å². The maximum atomic E-state index is 12.7. The Morgan fingerprint density at radius 1 is 1.36 bits per heavy atom. The van der Waals surface area contributed by atoms with Gasteiger partial charge in [-0.3, -0.25) is 4.98 Å². The molecule has 2 rings (SSSR count). The summed E-state index contributed by atoms with van der Waals surface area (Å²) in [5.74, 6) is -0.249. The van der Waals surface area contributed by atoms with Crippen LogP contribution < -0.4 is 5.32 Å². The highest BCUT2D eigenvalue weighted by molar-refractivity contribution is 5.85. The van der Waals surface area contributed by atoms with Crippen LogP contribution in [0.2, 0.25) is 0 Å². The molecule has 1 atom stereocenters. The fraction of sp³-hybridized carbons (Fsp3) is 0.444. The zero-order valence-electron chi connectivity index (χ0n) is 7.57. The largest absolute Gasteiger partial charge is 0.310 e. The molecule has 0 aromatic carbocycles. The second kappa shape index (κ2) is 6.17. The molecule has 2 heterocycles. The summed E-state index contributed by atoms with van der Waals surface area (Å²) in [7, 11) is 0. The van der Waals surface area contributed by atoms with E-state index in [-0.39, 0.29) is 30.6 Å². The lowest BCUT2D eigenvalue weighted by molar-refractivity contribution is 0.598. The van der Waals surface area contributed by atoms with Gasteiger partial charge in [0.15, 0.2) is 0 Å². The summed E-state index contributed by atoms with van der Waals surface area (Å²) in [4.78, 5) is 3.81. The van der Waals surface area contributed by atoms with Crippen molar-refractivity contribution in [2.75, 3.05) is 6.54 Å². The van der Waals surface area contributed by atoms with E-state index >= 15 is 0 Å². The zero-order valence-corrected chi connectivity index (χ0v) is 9.21. The molecule has 0 amide bonds. The van der Waals surface area contributed by atoms with Crippen LogP contribution in [0, 0.1) is 5.82 Å². The van der Waals surface area contributed by atoms with Gasteiger partial charge in [-0.2, -0.15) is 0 Å². The highest BCUT2D eigenvalue weighted by Gasteiger charge is 2.16. The van der Waals surface area contributed by atoms with E-state index in [1.807, 2.05) is 0 Å². The molecule has 2 nitrogen and oxygen atoms in total. The molecule has 80 valence electrons. The Bertz CT molecular complexity index is 277. The molecule has 0 spiro atoms. The first-order chi connectivity index (χ1) is 5.86. The van der Waals surface area contributed by atoms with Crippen molar-refractivity contribution in [3.63, 3.8) is 0 Å². The van der Waals surface area contributed by atoms with Gasteiger partial charge in [0.1, 0.15) is 5.82 Å². The quantitative estimate of drug-likeness (QED) is 0.814. The van der Waals surface area contributed by atoms with Gasteiger partial charge in [-0.15, -0.1) is 24.8 Å². The predicted octanol–water partition coefficient (Wildman–Crippen LogP) is 2.49. The Balaban J connectivity index is 0.000000845. The fourth-order valence-corrected chi connectivity index (χ4v) is 1.59. The number of pyridine rings is 1.